The smallest absolute Gasteiger partial charge is 0.277 e. The molecule has 0 saturated heterocycles. The lowest BCUT2D eigenvalue weighted by atomic mass is 10.2. The number of rotatable bonds is 8. The average molecular weight is 486 g/mol. The van der Waals surface area contributed by atoms with Gasteiger partial charge in [0.25, 0.3) is 5.91 Å². The van der Waals surface area contributed by atoms with Crippen LogP contribution >= 0.6 is 31.9 Å². The number of hydrazone groups is 1. The van der Waals surface area contributed by atoms with E-state index < -0.39 is 0 Å². The Hall–Kier alpha value is -2.06. The molecule has 0 aliphatic carbocycles. The number of carbonyl (C=O) groups is 1. The van der Waals surface area contributed by atoms with Crippen LogP contribution in [0.1, 0.15) is 12.5 Å². The maximum absolute atomic E-state index is 11.8. The molecule has 1 amide bonds. The Morgan fingerprint density at radius 1 is 1.12 bits per heavy atom. The van der Waals surface area contributed by atoms with E-state index in [4.69, 9.17) is 14.2 Å². The molecule has 1 N–H and O–H groups in total. The molecule has 0 fully saturated rings. The molecule has 2 aromatic rings. The van der Waals surface area contributed by atoms with Gasteiger partial charge in [0.1, 0.15) is 5.75 Å². The number of halogens is 2. The van der Waals surface area contributed by atoms with Crippen LogP contribution in [0.2, 0.25) is 0 Å². The molecule has 2 rings (SSSR count). The van der Waals surface area contributed by atoms with Crippen molar-refractivity contribution in [1.82, 2.24) is 5.43 Å². The largest absolute Gasteiger partial charge is 0.493 e. The third kappa shape index (κ3) is 6.03. The number of benzene rings is 2. The molecule has 8 heteroatoms. The van der Waals surface area contributed by atoms with Crippen LogP contribution in [0.25, 0.3) is 0 Å². The first-order chi connectivity index (χ1) is 12.5. The van der Waals surface area contributed by atoms with E-state index in [1.54, 1.807) is 25.3 Å². The molecular formula is C18H18Br2N2O4. The summed E-state index contributed by atoms with van der Waals surface area (Å²) in [5.74, 6) is 1.47. The Labute approximate surface area is 168 Å². The quantitative estimate of drug-likeness (QED) is 0.450. The van der Waals surface area contributed by atoms with Crippen LogP contribution in [0.4, 0.5) is 0 Å². The Morgan fingerprint density at radius 2 is 1.88 bits per heavy atom. The fourth-order valence-electron chi connectivity index (χ4n) is 1.99. The van der Waals surface area contributed by atoms with Crippen LogP contribution < -0.4 is 19.6 Å². The first-order valence-corrected chi connectivity index (χ1v) is 9.32. The number of amides is 1. The zero-order chi connectivity index (χ0) is 18.9. The first kappa shape index (κ1) is 20.3. The second-order valence-corrected chi connectivity index (χ2v) is 6.77. The second-order valence-electron chi connectivity index (χ2n) is 5.00. The van der Waals surface area contributed by atoms with E-state index in [1.165, 1.54) is 6.21 Å². The minimum absolute atomic E-state index is 0.149. The summed E-state index contributed by atoms with van der Waals surface area (Å²) in [4.78, 5) is 11.8. The van der Waals surface area contributed by atoms with E-state index in [2.05, 4.69) is 42.4 Å². The van der Waals surface area contributed by atoms with Gasteiger partial charge in [0.05, 0.1) is 24.4 Å². The molecule has 0 saturated carbocycles. The standard InChI is InChI=1S/C18H18Br2N2O4/c1-3-25-16-6-4-12(8-17(16)24-2)10-21-22-18(23)11-26-15-7-5-13(19)9-14(15)20/h4-10H,3,11H2,1-2H3,(H,22,23)/b21-10+. The number of hydrogen-bond donors (Lipinski definition) is 1. The maximum atomic E-state index is 11.8. The number of nitrogens with zero attached hydrogens (tertiary/aromatic N) is 1. The first-order valence-electron chi connectivity index (χ1n) is 7.74. The molecule has 0 aliphatic rings. The van der Waals surface area contributed by atoms with Crippen LogP contribution in [0.3, 0.4) is 0 Å². The lowest BCUT2D eigenvalue weighted by Crippen LogP contribution is -2.24. The van der Waals surface area contributed by atoms with Crippen LogP contribution in [0.5, 0.6) is 17.2 Å². The average Bonchev–Trinajstić information content (AvgIpc) is 2.62. The van der Waals surface area contributed by atoms with Gasteiger partial charge in [-0.1, -0.05) is 15.9 Å². The highest BCUT2D eigenvalue weighted by molar-refractivity contribution is 9.11. The van der Waals surface area contributed by atoms with Crippen molar-refractivity contribution in [2.45, 2.75) is 6.92 Å². The molecule has 138 valence electrons. The topological polar surface area (TPSA) is 69.2 Å². The highest BCUT2D eigenvalue weighted by atomic mass is 79.9. The minimum atomic E-state index is -0.367. The summed E-state index contributed by atoms with van der Waals surface area (Å²) in [5, 5.41) is 3.92. The van der Waals surface area contributed by atoms with Crippen molar-refractivity contribution in [3.8, 4) is 17.2 Å². The fraction of sp³-hybridized carbons (Fsp3) is 0.222. The molecule has 0 heterocycles. The van der Waals surface area contributed by atoms with E-state index in [9.17, 15) is 4.79 Å². The number of methoxy groups -OCH3 is 1. The molecule has 0 bridgehead atoms. The van der Waals surface area contributed by atoms with E-state index in [0.717, 1.165) is 14.5 Å². The lowest BCUT2D eigenvalue weighted by molar-refractivity contribution is -0.123. The van der Waals surface area contributed by atoms with Crippen molar-refractivity contribution in [2.75, 3.05) is 20.3 Å². The van der Waals surface area contributed by atoms with Gasteiger partial charge in [-0.25, -0.2) is 5.43 Å². The summed E-state index contributed by atoms with van der Waals surface area (Å²) in [6, 6.07) is 10.8. The summed E-state index contributed by atoms with van der Waals surface area (Å²) >= 11 is 6.73. The predicted octanol–water partition coefficient (Wildman–Crippen LogP) is 4.15. The molecule has 0 unspecified atom stereocenters. The van der Waals surface area contributed by atoms with E-state index >= 15 is 0 Å². The highest BCUT2D eigenvalue weighted by Gasteiger charge is 2.06. The van der Waals surface area contributed by atoms with Gasteiger partial charge in [0, 0.05) is 4.47 Å². The highest BCUT2D eigenvalue weighted by Crippen LogP contribution is 2.28. The molecule has 26 heavy (non-hydrogen) atoms. The third-order valence-electron chi connectivity index (χ3n) is 3.14. The van der Waals surface area contributed by atoms with Gasteiger partial charge in [0.2, 0.25) is 0 Å². The molecule has 2 aromatic carbocycles. The molecule has 0 radical (unpaired) electrons. The number of nitrogens with one attached hydrogen (secondary N) is 1. The SMILES string of the molecule is CCOc1ccc(/C=N/NC(=O)COc2ccc(Br)cc2Br)cc1OC. The van der Waals surface area contributed by atoms with Crippen molar-refractivity contribution in [1.29, 1.82) is 0 Å². The molecule has 6 nitrogen and oxygen atoms in total. The Morgan fingerprint density at radius 3 is 2.58 bits per heavy atom. The van der Waals surface area contributed by atoms with E-state index in [1.807, 2.05) is 25.1 Å². The summed E-state index contributed by atoms with van der Waals surface area (Å²) < 4.78 is 17.8. The molecule has 0 atom stereocenters. The van der Waals surface area contributed by atoms with Crippen LogP contribution in [-0.4, -0.2) is 32.4 Å². The van der Waals surface area contributed by atoms with Gasteiger partial charge < -0.3 is 14.2 Å². The van der Waals surface area contributed by atoms with Gasteiger partial charge >= 0.3 is 0 Å². The van der Waals surface area contributed by atoms with Gasteiger partial charge in [0.15, 0.2) is 18.1 Å². The Balaban J connectivity index is 1.88. The fourth-order valence-corrected chi connectivity index (χ4v) is 3.15. The second kappa shape index (κ2) is 10.2. The van der Waals surface area contributed by atoms with Crippen molar-refractivity contribution >= 4 is 44.0 Å². The van der Waals surface area contributed by atoms with Crippen molar-refractivity contribution in [2.24, 2.45) is 5.10 Å². The van der Waals surface area contributed by atoms with E-state index in [0.29, 0.717) is 23.9 Å². The number of carbonyl (C=O) groups excluding carboxylic acids is 1. The van der Waals surface area contributed by atoms with Crippen LogP contribution in [0, 0.1) is 0 Å². The number of ether oxygens (including phenoxy) is 3. The van der Waals surface area contributed by atoms with Crippen molar-refractivity contribution in [3.63, 3.8) is 0 Å². The van der Waals surface area contributed by atoms with Crippen molar-refractivity contribution < 1.29 is 19.0 Å². The normalized spacial score (nSPS) is 10.6. The minimum Gasteiger partial charge on any atom is -0.493 e. The van der Waals surface area contributed by atoms with Gasteiger partial charge in [-0.05, 0) is 64.8 Å². The zero-order valence-electron chi connectivity index (χ0n) is 14.3. The third-order valence-corrected chi connectivity index (χ3v) is 4.26. The number of hydrogen-bond acceptors (Lipinski definition) is 5. The Kier molecular flexibility index (Phi) is 7.93. The van der Waals surface area contributed by atoms with Gasteiger partial charge in [-0.3, -0.25) is 4.79 Å². The molecule has 0 spiro atoms. The summed E-state index contributed by atoms with van der Waals surface area (Å²) in [5.41, 5.74) is 3.18. The molecule has 0 aliphatic heterocycles. The zero-order valence-corrected chi connectivity index (χ0v) is 17.5. The maximum Gasteiger partial charge on any atom is 0.277 e. The summed E-state index contributed by atoms with van der Waals surface area (Å²) in [6.07, 6.45) is 1.52. The lowest BCUT2D eigenvalue weighted by Gasteiger charge is -2.09. The van der Waals surface area contributed by atoms with Crippen LogP contribution in [-0.2, 0) is 4.79 Å². The summed E-state index contributed by atoms with van der Waals surface area (Å²) in [6.45, 7) is 2.30. The summed E-state index contributed by atoms with van der Waals surface area (Å²) in [7, 11) is 1.57. The van der Waals surface area contributed by atoms with Gasteiger partial charge in [-0.2, -0.15) is 5.10 Å². The Bertz CT molecular complexity index is 797. The molecule has 0 aromatic heterocycles. The van der Waals surface area contributed by atoms with Gasteiger partial charge in [-0.15, -0.1) is 0 Å². The monoisotopic (exact) mass is 484 g/mol. The molecular weight excluding hydrogens is 468 g/mol. The van der Waals surface area contributed by atoms with Crippen molar-refractivity contribution in [3.05, 3.63) is 50.9 Å². The van der Waals surface area contributed by atoms with Crippen LogP contribution in [0.15, 0.2) is 50.4 Å². The predicted molar refractivity (Wildman–Crippen MR) is 107 cm³/mol. The van der Waals surface area contributed by atoms with E-state index in [-0.39, 0.29) is 12.5 Å².